The van der Waals surface area contributed by atoms with Crippen molar-refractivity contribution in [1.82, 2.24) is 0 Å². The van der Waals surface area contributed by atoms with E-state index in [0.717, 1.165) is 70.6 Å². The molecule has 0 aliphatic rings. The van der Waals surface area contributed by atoms with E-state index in [2.05, 4.69) is 57.2 Å². The summed E-state index contributed by atoms with van der Waals surface area (Å²) in [6.07, 6.45) is 58.4. The van der Waals surface area contributed by atoms with Crippen LogP contribution in [0, 0.1) is 0 Å². The molecule has 0 heterocycles. The van der Waals surface area contributed by atoms with Gasteiger partial charge in [0.1, 0.15) is 13.2 Å². The van der Waals surface area contributed by atoms with Gasteiger partial charge in [-0.15, -0.1) is 0 Å². The third-order valence-electron chi connectivity index (χ3n) is 11.7. The van der Waals surface area contributed by atoms with Crippen LogP contribution in [-0.4, -0.2) is 37.2 Å². The van der Waals surface area contributed by atoms with Crippen LogP contribution in [0.15, 0.2) is 36.5 Å². The van der Waals surface area contributed by atoms with Crippen molar-refractivity contribution in [3.63, 3.8) is 0 Å². The summed E-state index contributed by atoms with van der Waals surface area (Å²) in [4.78, 5) is 38.0. The molecule has 0 rings (SSSR count). The summed E-state index contributed by atoms with van der Waals surface area (Å²) in [5.41, 5.74) is 0. The molecule has 0 aromatic carbocycles. The normalized spacial score (nSPS) is 12.2. The Bertz CT molecular complexity index is 1030. The lowest BCUT2D eigenvalue weighted by atomic mass is 10.0. The van der Waals surface area contributed by atoms with Crippen LogP contribution >= 0.6 is 0 Å². The maximum absolute atomic E-state index is 12.8. The van der Waals surface area contributed by atoms with Crippen LogP contribution in [0.1, 0.15) is 278 Å². The van der Waals surface area contributed by atoms with Crippen LogP contribution in [0.2, 0.25) is 0 Å². The second-order valence-electron chi connectivity index (χ2n) is 17.8. The molecule has 0 aliphatic carbocycles. The lowest BCUT2D eigenvalue weighted by Gasteiger charge is -2.18. The molecule has 6 heteroatoms. The largest absolute Gasteiger partial charge is 0.462 e. The second-order valence-corrected chi connectivity index (χ2v) is 17.8. The van der Waals surface area contributed by atoms with E-state index < -0.39 is 6.10 Å². The Morgan fingerprint density at radius 3 is 0.984 bits per heavy atom. The van der Waals surface area contributed by atoms with Crippen molar-refractivity contribution in [2.75, 3.05) is 13.2 Å². The highest BCUT2D eigenvalue weighted by atomic mass is 16.6. The van der Waals surface area contributed by atoms with Gasteiger partial charge in [-0.05, 0) is 38.5 Å². The van der Waals surface area contributed by atoms with Crippen LogP contribution < -0.4 is 0 Å². The van der Waals surface area contributed by atoms with Gasteiger partial charge in [0.05, 0.1) is 0 Å². The Labute approximate surface area is 378 Å². The quantitative estimate of drug-likeness (QED) is 0.0262. The van der Waals surface area contributed by atoms with E-state index in [1.807, 2.05) is 0 Å². The maximum atomic E-state index is 12.8. The van der Waals surface area contributed by atoms with Crippen molar-refractivity contribution < 1.29 is 28.6 Å². The number of unbranched alkanes of at least 4 members (excludes halogenated alkanes) is 33. The monoisotopic (exact) mass is 857 g/mol. The van der Waals surface area contributed by atoms with Gasteiger partial charge in [0.2, 0.25) is 0 Å². The fourth-order valence-electron chi connectivity index (χ4n) is 7.74. The van der Waals surface area contributed by atoms with Crippen LogP contribution in [0.25, 0.3) is 0 Å². The zero-order valence-corrected chi connectivity index (χ0v) is 40.7. The molecular weight excluding hydrogens is 757 g/mol. The minimum atomic E-state index is -0.773. The molecule has 0 aliphatic heterocycles. The van der Waals surface area contributed by atoms with Gasteiger partial charge in [-0.3, -0.25) is 14.4 Å². The van der Waals surface area contributed by atoms with Crippen molar-refractivity contribution in [3.05, 3.63) is 36.5 Å². The van der Waals surface area contributed by atoms with E-state index in [9.17, 15) is 14.4 Å². The smallest absolute Gasteiger partial charge is 0.306 e. The first-order chi connectivity index (χ1) is 30.0. The van der Waals surface area contributed by atoms with E-state index in [-0.39, 0.29) is 31.1 Å². The SMILES string of the molecule is CC\C=C/C=C\C=C/CCCCCCCCCC(=O)OC(COC(=O)CCCCCCCCCCCCC)COC(=O)CCCCCCCCCCCCCCCCCCC. The molecule has 0 aromatic rings. The Balaban J connectivity index is 4.32. The van der Waals surface area contributed by atoms with Crippen molar-refractivity contribution in [2.45, 2.75) is 284 Å². The minimum Gasteiger partial charge on any atom is -0.462 e. The Morgan fingerprint density at radius 2 is 0.639 bits per heavy atom. The first-order valence-electron chi connectivity index (χ1n) is 26.5. The fraction of sp³-hybridized carbons (Fsp3) is 0.836. The molecule has 356 valence electrons. The maximum Gasteiger partial charge on any atom is 0.306 e. The Hall–Kier alpha value is -2.37. The number of hydrogen-bond donors (Lipinski definition) is 0. The minimum absolute atomic E-state index is 0.0728. The summed E-state index contributed by atoms with van der Waals surface area (Å²) >= 11 is 0. The predicted molar refractivity (Wildman–Crippen MR) is 261 cm³/mol. The number of carbonyl (C=O) groups excluding carboxylic acids is 3. The van der Waals surface area contributed by atoms with Gasteiger partial charge in [0.15, 0.2) is 6.10 Å². The summed E-state index contributed by atoms with van der Waals surface area (Å²) in [6.45, 7) is 6.52. The zero-order valence-electron chi connectivity index (χ0n) is 40.7. The average molecular weight is 857 g/mol. The Kier molecular flexibility index (Phi) is 48.3. The summed E-state index contributed by atoms with van der Waals surface area (Å²) in [5, 5.41) is 0. The third-order valence-corrected chi connectivity index (χ3v) is 11.7. The summed E-state index contributed by atoms with van der Waals surface area (Å²) in [6, 6.07) is 0. The molecule has 0 saturated heterocycles. The highest BCUT2D eigenvalue weighted by molar-refractivity contribution is 5.71. The van der Waals surface area contributed by atoms with E-state index in [4.69, 9.17) is 14.2 Å². The molecule has 6 nitrogen and oxygen atoms in total. The predicted octanol–water partition coefficient (Wildman–Crippen LogP) is 17.3. The first-order valence-corrected chi connectivity index (χ1v) is 26.5. The lowest BCUT2D eigenvalue weighted by Crippen LogP contribution is -2.30. The number of hydrogen-bond acceptors (Lipinski definition) is 6. The standard InChI is InChI=1S/C55H100O6/c1-4-7-10-13-16-19-22-24-26-27-29-30-33-36-39-42-45-48-54(57)60-51-52(50-59-53(56)47-44-41-38-35-32-21-18-15-12-9-6-3)61-55(58)49-46-43-40-37-34-31-28-25-23-20-17-14-11-8-5-2/h8,11,14,17,20,23,52H,4-7,9-10,12-13,15-16,18-19,21-22,24-51H2,1-3H3/b11-8-,17-14-,23-20-. The third kappa shape index (κ3) is 48.5. The number of carbonyl (C=O) groups is 3. The summed E-state index contributed by atoms with van der Waals surface area (Å²) < 4.78 is 16.8. The van der Waals surface area contributed by atoms with Gasteiger partial charge in [0.25, 0.3) is 0 Å². The van der Waals surface area contributed by atoms with E-state index in [0.29, 0.717) is 19.3 Å². The summed E-state index contributed by atoms with van der Waals surface area (Å²) in [7, 11) is 0. The van der Waals surface area contributed by atoms with Crippen LogP contribution in [0.5, 0.6) is 0 Å². The molecule has 0 radical (unpaired) electrons. The molecule has 0 spiro atoms. The van der Waals surface area contributed by atoms with Gasteiger partial charge in [-0.1, -0.05) is 256 Å². The zero-order chi connectivity index (χ0) is 44.4. The number of ether oxygens (including phenoxy) is 3. The average Bonchev–Trinajstić information content (AvgIpc) is 3.26. The second kappa shape index (κ2) is 50.3. The fourth-order valence-corrected chi connectivity index (χ4v) is 7.74. The number of allylic oxidation sites excluding steroid dienone is 6. The molecule has 1 unspecified atom stereocenters. The molecule has 61 heavy (non-hydrogen) atoms. The van der Waals surface area contributed by atoms with Crippen molar-refractivity contribution in [1.29, 1.82) is 0 Å². The Morgan fingerprint density at radius 1 is 0.344 bits per heavy atom. The van der Waals surface area contributed by atoms with Crippen molar-refractivity contribution in [3.8, 4) is 0 Å². The van der Waals surface area contributed by atoms with Crippen molar-refractivity contribution >= 4 is 17.9 Å². The summed E-state index contributed by atoms with van der Waals surface area (Å²) in [5.74, 6) is -0.872. The molecule has 0 N–H and O–H groups in total. The molecule has 0 bridgehead atoms. The lowest BCUT2D eigenvalue weighted by molar-refractivity contribution is -0.167. The topological polar surface area (TPSA) is 78.9 Å². The van der Waals surface area contributed by atoms with Gasteiger partial charge in [-0.2, -0.15) is 0 Å². The number of esters is 3. The van der Waals surface area contributed by atoms with Crippen LogP contribution in [-0.2, 0) is 28.6 Å². The first kappa shape index (κ1) is 58.6. The van der Waals surface area contributed by atoms with Crippen molar-refractivity contribution in [2.24, 2.45) is 0 Å². The van der Waals surface area contributed by atoms with E-state index in [1.54, 1.807) is 0 Å². The molecule has 0 saturated carbocycles. The van der Waals surface area contributed by atoms with E-state index in [1.165, 1.54) is 167 Å². The van der Waals surface area contributed by atoms with Crippen LogP contribution in [0.3, 0.4) is 0 Å². The van der Waals surface area contributed by atoms with Gasteiger partial charge in [0, 0.05) is 19.3 Å². The molecule has 1 atom stereocenters. The molecule has 0 fully saturated rings. The van der Waals surface area contributed by atoms with Gasteiger partial charge < -0.3 is 14.2 Å². The van der Waals surface area contributed by atoms with Gasteiger partial charge >= 0.3 is 17.9 Å². The molecule has 0 aromatic heterocycles. The van der Waals surface area contributed by atoms with Gasteiger partial charge in [-0.25, -0.2) is 0 Å². The van der Waals surface area contributed by atoms with Crippen LogP contribution in [0.4, 0.5) is 0 Å². The molecular formula is C55H100O6. The number of rotatable bonds is 48. The highest BCUT2D eigenvalue weighted by Crippen LogP contribution is 2.16. The van der Waals surface area contributed by atoms with E-state index >= 15 is 0 Å². The highest BCUT2D eigenvalue weighted by Gasteiger charge is 2.19. The molecule has 0 amide bonds.